The quantitative estimate of drug-likeness (QED) is 0.614. The molecule has 0 saturated carbocycles. The smallest absolute Gasteiger partial charge is 0.255 e. The summed E-state index contributed by atoms with van der Waals surface area (Å²) in [4.78, 5) is 19.6. The lowest BCUT2D eigenvalue weighted by Gasteiger charge is -2.06. The number of anilines is 1. The molecule has 1 aromatic carbocycles. The molecule has 2 heterocycles. The highest BCUT2D eigenvalue weighted by atomic mass is 32.1. The second kappa shape index (κ2) is 9.73. The second-order valence-corrected chi connectivity index (χ2v) is 7.62. The van der Waals surface area contributed by atoms with Gasteiger partial charge in [-0.25, -0.2) is 4.98 Å². The van der Waals surface area contributed by atoms with Crippen molar-refractivity contribution in [3.05, 3.63) is 70.7 Å². The first-order chi connectivity index (χ1) is 14.0. The zero-order chi connectivity index (χ0) is 20.6. The number of nitrogens with two attached hydrogens (primary N) is 1. The molecule has 0 aliphatic rings. The third-order valence-electron chi connectivity index (χ3n) is 3.80. The summed E-state index contributed by atoms with van der Waals surface area (Å²) in [5.41, 5.74) is 6.82. The van der Waals surface area contributed by atoms with E-state index in [0.29, 0.717) is 24.3 Å². The zero-order valence-electron chi connectivity index (χ0n) is 16.3. The van der Waals surface area contributed by atoms with Gasteiger partial charge in [-0.3, -0.25) is 9.69 Å². The average molecular weight is 407 g/mol. The number of amides is 1. The zero-order valence-corrected chi connectivity index (χ0v) is 17.1. The van der Waals surface area contributed by atoms with Gasteiger partial charge in [0.2, 0.25) is 0 Å². The van der Waals surface area contributed by atoms with E-state index in [1.165, 1.54) is 11.3 Å². The maximum atomic E-state index is 12.5. The van der Waals surface area contributed by atoms with Crippen LogP contribution in [0, 0.1) is 11.8 Å². The van der Waals surface area contributed by atoms with E-state index in [1.54, 1.807) is 12.1 Å². The van der Waals surface area contributed by atoms with Gasteiger partial charge in [-0.1, -0.05) is 24.1 Å². The van der Waals surface area contributed by atoms with Gasteiger partial charge in [0.25, 0.3) is 5.91 Å². The summed E-state index contributed by atoms with van der Waals surface area (Å²) in [6.07, 6.45) is 0. The van der Waals surface area contributed by atoms with Crippen molar-refractivity contribution in [3.8, 4) is 22.7 Å². The molecule has 6 nitrogen and oxygen atoms in total. The second-order valence-electron chi connectivity index (χ2n) is 6.49. The van der Waals surface area contributed by atoms with Crippen LogP contribution < -0.4 is 15.8 Å². The number of benzene rings is 1. The number of nitrogens with zero attached hydrogens (tertiary/aromatic N) is 2. The van der Waals surface area contributed by atoms with Crippen LogP contribution in [0.3, 0.4) is 0 Å². The van der Waals surface area contributed by atoms with E-state index in [4.69, 9.17) is 10.5 Å². The monoisotopic (exact) mass is 406 g/mol. The van der Waals surface area contributed by atoms with Crippen molar-refractivity contribution in [1.29, 1.82) is 0 Å². The molecule has 0 bridgehead atoms. The number of rotatable bonds is 6. The van der Waals surface area contributed by atoms with E-state index < -0.39 is 0 Å². The summed E-state index contributed by atoms with van der Waals surface area (Å²) in [5.74, 6) is 6.59. The number of carbonyl (C=O) groups is 1. The summed E-state index contributed by atoms with van der Waals surface area (Å²) < 4.78 is 5.79. The van der Waals surface area contributed by atoms with E-state index in [9.17, 15) is 4.79 Å². The fourth-order valence-electron chi connectivity index (χ4n) is 2.40. The summed E-state index contributed by atoms with van der Waals surface area (Å²) in [5, 5.41) is 3.63. The van der Waals surface area contributed by atoms with Gasteiger partial charge in [0.15, 0.2) is 5.06 Å². The first-order valence-corrected chi connectivity index (χ1v) is 9.83. The molecule has 7 heteroatoms. The van der Waals surface area contributed by atoms with Gasteiger partial charge in [-0.05, 0) is 56.4 Å². The molecular weight excluding hydrogens is 384 g/mol. The molecule has 0 aliphatic heterocycles. The van der Waals surface area contributed by atoms with E-state index in [1.807, 2.05) is 61.5 Å². The lowest BCUT2D eigenvalue weighted by atomic mass is 10.2. The Kier molecular flexibility index (Phi) is 6.85. The first kappa shape index (κ1) is 20.4. The molecule has 3 N–H and O–H groups in total. The Morgan fingerprint density at radius 3 is 2.69 bits per heavy atom. The van der Waals surface area contributed by atoms with Crippen LogP contribution in [0.1, 0.15) is 20.9 Å². The van der Waals surface area contributed by atoms with E-state index in [0.717, 1.165) is 15.7 Å². The molecule has 0 saturated heterocycles. The van der Waals surface area contributed by atoms with E-state index in [2.05, 4.69) is 22.1 Å². The van der Waals surface area contributed by atoms with Crippen LogP contribution in [-0.4, -0.2) is 36.4 Å². The van der Waals surface area contributed by atoms with E-state index in [-0.39, 0.29) is 11.7 Å². The molecule has 3 rings (SSSR count). The molecule has 29 heavy (non-hydrogen) atoms. The Hall–Kier alpha value is -3.34. The van der Waals surface area contributed by atoms with Crippen LogP contribution in [0.2, 0.25) is 0 Å². The molecule has 0 atom stereocenters. The number of nitrogen functional groups attached to an aromatic ring is 1. The predicted octanol–water partition coefficient (Wildman–Crippen LogP) is 3.36. The number of hydrogen-bond donors (Lipinski definition) is 2. The fraction of sp³-hybridized carbons (Fsp3) is 0.182. The summed E-state index contributed by atoms with van der Waals surface area (Å²) in [7, 11) is 3.88. The maximum absolute atomic E-state index is 12.5. The molecule has 0 fully saturated rings. The van der Waals surface area contributed by atoms with Crippen molar-refractivity contribution in [1.82, 2.24) is 15.2 Å². The van der Waals surface area contributed by atoms with Crippen molar-refractivity contribution in [2.75, 3.05) is 26.4 Å². The van der Waals surface area contributed by atoms with Gasteiger partial charge in [-0.15, -0.1) is 11.3 Å². The standard InChI is InChI=1S/C22H22N4O2S/c1-26(2)14-6-7-16-10-12-19(21(23)25-16)22(27)24-15-18-11-13-20(29-18)28-17-8-4-3-5-9-17/h3-5,8-13H,14-15H2,1-2H3,(H2,23,25)(H,24,27). The number of aromatic nitrogens is 1. The summed E-state index contributed by atoms with van der Waals surface area (Å²) in [6.45, 7) is 1.01. The van der Waals surface area contributed by atoms with Gasteiger partial charge in [0, 0.05) is 4.88 Å². The Morgan fingerprint density at radius 1 is 1.17 bits per heavy atom. The Morgan fingerprint density at radius 2 is 1.97 bits per heavy atom. The number of nitrogens with one attached hydrogen (secondary N) is 1. The summed E-state index contributed by atoms with van der Waals surface area (Å²) in [6, 6.07) is 16.7. The SMILES string of the molecule is CN(C)CC#Cc1ccc(C(=O)NCc2ccc(Oc3ccccc3)s2)c(N)n1. The third kappa shape index (κ3) is 6.07. The lowest BCUT2D eigenvalue weighted by Crippen LogP contribution is -2.23. The van der Waals surface area contributed by atoms with Gasteiger partial charge >= 0.3 is 0 Å². The summed E-state index contributed by atoms with van der Waals surface area (Å²) >= 11 is 1.48. The number of para-hydroxylation sites is 1. The highest BCUT2D eigenvalue weighted by molar-refractivity contribution is 7.13. The van der Waals surface area contributed by atoms with Crippen molar-refractivity contribution >= 4 is 23.1 Å². The molecule has 148 valence electrons. The minimum atomic E-state index is -0.276. The van der Waals surface area contributed by atoms with Crippen LogP contribution in [0.25, 0.3) is 0 Å². The highest BCUT2D eigenvalue weighted by Crippen LogP contribution is 2.29. The van der Waals surface area contributed by atoms with Gasteiger partial charge in [-0.2, -0.15) is 0 Å². The van der Waals surface area contributed by atoms with Gasteiger partial charge < -0.3 is 15.8 Å². The Balaban J connectivity index is 1.57. The largest absolute Gasteiger partial charge is 0.447 e. The predicted molar refractivity (Wildman–Crippen MR) is 116 cm³/mol. The van der Waals surface area contributed by atoms with Crippen LogP contribution in [0.4, 0.5) is 5.82 Å². The number of carbonyl (C=O) groups excluding carboxylic acids is 1. The van der Waals surface area contributed by atoms with Crippen LogP contribution in [0.5, 0.6) is 10.8 Å². The molecule has 0 unspecified atom stereocenters. The minimum absolute atomic E-state index is 0.165. The Bertz CT molecular complexity index is 1040. The molecule has 1 amide bonds. The first-order valence-electron chi connectivity index (χ1n) is 9.01. The van der Waals surface area contributed by atoms with E-state index >= 15 is 0 Å². The van der Waals surface area contributed by atoms with Crippen molar-refractivity contribution < 1.29 is 9.53 Å². The van der Waals surface area contributed by atoms with Crippen molar-refractivity contribution in [2.45, 2.75) is 6.54 Å². The maximum Gasteiger partial charge on any atom is 0.255 e. The average Bonchev–Trinajstić information content (AvgIpc) is 3.14. The number of ether oxygens (including phenoxy) is 1. The normalized spacial score (nSPS) is 10.3. The molecule has 2 aromatic heterocycles. The number of hydrogen-bond acceptors (Lipinski definition) is 6. The van der Waals surface area contributed by atoms with Crippen molar-refractivity contribution in [3.63, 3.8) is 0 Å². The fourth-order valence-corrected chi connectivity index (χ4v) is 3.21. The van der Waals surface area contributed by atoms with Crippen LogP contribution in [-0.2, 0) is 6.54 Å². The van der Waals surface area contributed by atoms with Crippen LogP contribution >= 0.6 is 11.3 Å². The molecule has 0 aliphatic carbocycles. The highest BCUT2D eigenvalue weighted by Gasteiger charge is 2.12. The van der Waals surface area contributed by atoms with Gasteiger partial charge in [0.05, 0.1) is 18.7 Å². The van der Waals surface area contributed by atoms with Crippen LogP contribution in [0.15, 0.2) is 54.6 Å². The van der Waals surface area contributed by atoms with Crippen molar-refractivity contribution in [2.24, 2.45) is 0 Å². The molecule has 3 aromatic rings. The number of thiophene rings is 1. The molecular formula is C22H22N4O2S. The number of pyridine rings is 1. The lowest BCUT2D eigenvalue weighted by molar-refractivity contribution is 0.0952. The molecule has 0 radical (unpaired) electrons. The topological polar surface area (TPSA) is 80.5 Å². The van der Waals surface area contributed by atoms with Gasteiger partial charge in [0.1, 0.15) is 17.3 Å². The third-order valence-corrected chi connectivity index (χ3v) is 4.77. The Labute approximate surface area is 174 Å². The minimum Gasteiger partial charge on any atom is -0.447 e. The molecule has 0 spiro atoms.